The summed E-state index contributed by atoms with van der Waals surface area (Å²) in [6, 6.07) is 0.434. The first-order valence-electron chi connectivity index (χ1n) is 3.10. The molecule has 0 spiro atoms. The number of allylic oxidation sites excluding steroid dienone is 1. The van der Waals surface area contributed by atoms with Gasteiger partial charge in [-0.1, -0.05) is 0 Å². The molecule has 1 unspecified atom stereocenters. The zero-order chi connectivity index (χ0) is 6.69. The molecule has 2 heteroatoms. The molecule has 0 bridgehead atoms. The Labute approximate surface area is 55.2 Å². The standard InChI is InChI=1S/C7H11NO/c1-6-3-4-7(9-2)5-8-6/h4-6H,3H2,1-2H3. The number of hydrogen-bond donors (Lipinski definition) is 0. The van der Waals surface area contributed by atoms with Crippen molar-refractivity contribution in [1.82, 2.24) is 0 Å². The number of methoxy groups -OCH3 is 1. The smallest absolute Gasteiger partial charge is 0.132 e. The Morgan fingerprint density at radius 3 is 3.00 bits per heavy atom. The van der Waals surface area contributed by atoms with Crippen LogP contribution in [0.1, 0.15) is 13.3 Å². The quantitative estimate of drug-likeness (QED) is 0.518. The molecule has 0 N–H and O–H groups in total. The highest BCUT2D eigenvalue weighted by molar-refractivity contribution is 5.76. The monoisotopic (exact) mass is 125 g/mol. The van der Waals surface area contributed by atoms with Crippen molar-refractivity contribution in [2.24, 2.45) is 4.99 Å². The molecule has 1 aliphatic heterocycles. The zero-order valence-corrected chi connectivity index (χ0v) is 5.79. The van der Waals surface area contributed by atoms with E-state index in [1.165, 1.54) is 0 Å². The van der Waals surface area contributed by atoms with E-state index in [1.54, 1.807) is 13.3 Å². The van der Waals surface area contributed by atoms with Crippen LogP contribution >= 0.6 is 0 Å². The third kappa shape index (κ3) is 1.56. The van der Waals surface area contributed by atoms with Crippen LogP contribution in [-0.2, 0) is 4.74 Å². The number of rotatable bonds is 1. The first kappa shape index (κ1) is 6.33. The molecule has 0 aliphatic carbocycles. The Morgan fingerprint density at radius 1 is 1.78 bits per heavy atom. The summed E-state index contributed by atoms with van der Waals surface area (Å²) in [4.78, 5) is 4.16. The summed E-state index contributed by atoms with van der Waals surface area (Å²) < 4.78 is 4.95. The maximum Gasteiger partial charge on any atom is 0.132 e. The molecule has 0 aromatic rings. The topological polar surface area (TPSA) is 21.6 Å². The molecule has 50 valence electrons. The van der Waals surface area contributed by atoms with Gasteiger partial charge in [-0.25, -0.2) is 0 Å². The van der Waals surface area contributed by atoms with Crippen LogP contribution in [0.2, 0.25) is 0 Å². The van der Waals surface area contributed by atoms with Gasteiger partial charge in [-0.2, -0.15) is 0 Å². The molecule has 0 aromatic carbocycles. The van der Waals surface area contributed by atoms with Crippen molar-refractivity contribution in [2.75, 3.05) is 7.11 Å². The molecule has 0 fully saturated rings. The molecule has 0 radical (unpaired) electrons. The summed E-state index contributed by atoms with van der Waals surface area (Å²) in [5.74, 6) is 0.883. The van der Waals surface area contributed by atoms with Gasteiger partial charge in [0.05, 0.1) is 19.4 Å². The normalized spacial score (nSPS) is 25.6. The first-order chi connectivity index (χ1) is 4.33. The number of ether oxygens (including phenoxy) is 1. The first-order valence-corrected chi connectivity index (χ1v) is 3.10. The summed E-state index contributed by atoms with van der Waals surface area (Å²) in [7, 11) is 1.66. The molecular formula is C7H11NO. The SMILES string of the molecule is COC1=CCC(C)N=C1. The van der Waals surface area contributed by atoms with Crippen molar-refractivity contribution in [1.29, 1.82) is 0 Å². The number of dihydropyridines is 1. The second-order valence-electron chi connectivity index (χ2n) is 2.17. The second-order valence-corrected chi connectivity index (χ2v) is 2.17. The van der Waals surface area contributed by atoms with E-state index in [9.17, 15) is 0 Å². The Balaban J connectivity index is 2.52. The molecule has 9 heavy (non-hydrogen) atoms. The summed E-state index contributed by atoms with van der Waals surface area (Å²) in [6.45, 7) is 2.08. The highest BCUT2D eigenvalue weighted by Gasteiger charge is 2.02. The third-order valence-corrected chi connectivity index (χ3v) is 1.35. The van der Waals surface area contributed by atoms with Gasteiger partial charge < -0.3 is 4.74 Å². The molecule has 0 aromatic heterocycles. The highest BCUT2D eigenvalue weighted by atomic mass is 16.5. The van der Waals surface area contributed by atoms with Crippen LogP contribution < -0.4 is 0 Å². The lowest BCUT2D eigenvalue weighted by Crippen LogP contribution is -2.04. The Bertz CT molecular complexity index is 149. The molecule has 0 amide bonds. The Kier molecular flexibility index (Phi) is 1.88. The molecule has 1 heterocycles. The number of hydrogen-bond acceptors (Lipinski definition) is 2. The van der Waals surface area contributed by atoms with Crippen molar-refractivity contribution in [3.63, 3.8) is 0 Å². The van der Waals surface area contributed by atoms with E-state index >= 15 is 0 Å². The molecule has 1 aliphatic rings. The van der Waals surface area contributed by atoms with Crippen LogP contribution in [-0.4, -0.2) is 19.4 Å². The van der Waals surface area contributed by atoms with Gasteiger partial charge in [-0.15, -0.1) is 0 Å². The minimum absolute atomic E-state index is 0.434. The minimum Gasteiger partial charge on any atom is -0.496 e. The van der Waals surface area contributed by atoms with Crippen LogP contribution in [0.5, 0.6) is 0 Å². The van der Waals surface area contributed by atoms with Crippen molar-refractivity contribution in [2.45, 2.75) is 19.4 Å². The van der Waals surface area contributed by atoms with Crippen LogP contribution in [0.3, 0.4) is 0 Å². The van der Waals surface area contributed by atoms with Crippen LogP contribution in [0.15, 0.2) is 16.8 Å². The van der Waals surface area contributed by atoms with Crippen molar-refractivity contribution >= 4 is 6.21 Å². The zero-order valence-electron chi connectivity index (χ0n) is 5.79. The van der Waals surface area contributed by atoms with Crippen LogP contribution in [0.4, 0.5) is 0 Å². The van der Waals surface area contributed by atoms with Crippen molar-refractivity contribution in [3.8, 4) is 0 Å². The van der Waals surface area contributed by atoms with Gasteiger partial charge in [-0.3, -0.25) is 4.99 Å². The largest absolute Gasteiger partial charge is 0.496 e. The van der Waals surface area contributed by atoms with Gasteiger partial charge in [0.15, 0.2) is 0 Å². The average molecular weight is 125 g/mol. The second kappa shape index (κ2) is 2.67. The molecule has 0 saturated carbocycles. The van der Waals surface area contributed by atoms with E-state index in [4.69, 9.17) is 4.74 Å². The summed E-state index contributed by atoms with van der Waals surface area (Å²) in [6.07, 6.45) is 4.82. The summed E-state index contributed by atoms with van der Waals surface area (Å²) in [5, 5.41) is 0. The lowest BCUT2D eigenvalue weighted by molar-refractivity contribution is 0.313. The van der Waals surface area contributed by atoms with Gasteiger partial charge in [0.25, 0.3) is 0 Å². The molecule has 1 atom stereocenters. The number of aliphatic imine (C=N–C) groups is 1. The maximum absolute atomic E-state index is 4.95. The maximum atomic E-state index is 4.95. The minimum atomic E-state index is 0.434. The lowest BCUT2D eigenvalue weighted by atomic mass is 10.2. The van der Waals surface area contributed by atoms with Crippen molar-refractivity contribution in [3.05, 3.63) is 11.8 Å². The summed E-state index contributed by atoms with van der Waals surface area (Å²) >= 11 is 0. The van der Waals surface area contributed by atoms with E-state index in [0.717, 1.165) is 12.2 Å². The van der Waals surface area contributed by atoms with Gasteiger partial charge in [0.1, 0.15) is 5.76 Å². The third-order valence-electron chi connectivity index (χ3n) is 1.35. The van der Waals surface area contributed by atoms with Gasteiger partial charge in [-0.05, 0) is 19.4 Å². The Hall–Kier alpha value is -0.790. The van der Waals surface area contributed by atoms with Crippen LogP contribution in [0.25, 0.3) is 0 Å². The lowest BCUT2D eigenvalue weighted by Gasteiger charge is -2.09. The van der Waals surface area contributed by atoms with Crippen molar-refractivity contribution < 1.29 is 4.74 Å². The predicted octanol–water partition coefficient (Wildman–Crippen LogP) is 1.38. The molecule has 0 saturated heterocycles. The molecule has 2 nitrogen and oxygen atoms in total. The fraction of sp³-hybridized carbons (Fsp3) is 0.571. The molecular weight excluding hydrogens is 114 g/mol. The van der Waals surface area contributed by atoms with E-state index < -0.39 is 0 Å². The fourth-order valence-corrected chi connectivity index (χ4v) is 0.737. The highest BCUT2D eigenvalue weighted by Crippen LogP contribution is 2.07. The van der Waals surface area contributed by atoms with Crippen LogP contribution in [0, 0.1) is 0 Å². The fourth-order valence-electron chi connectivity index (χ4n) is 0.737. The van der Waals surface area contributed by atoms with E-state index in [0.29, 0.717) is 6.04 Å². The van der Waals surface area contributed by atoms with Gasteiger partial charge in [0, 0.05) is 0 Å². The van der Waals surface area contributed by atoms with E-state index in [2.05, 4.69) is 18.0 Å². The van der Waals surface area contributed by atoms with Gasteiger partial charge >= 0.3 is 0 Å². The van der Waals surface area contributed by atoms with E-state index in [1.807, 2.05) is 0 Å². The molecule has 1 rings (SSSR count). The van der Waals surface area contributed by atoms with Gasteiger partial charge in [0.2, 0.25) is 0 Å². The van der Waals surface area contributed by atoms with E-state index in [-0.39, 0.29) is 0 Å². The predicted molar refractivity (Wildman–Crippen MR) is 37.7 cm³/mol. The summed E-state index contributed by atoms with van der Waals surface area (Å²) in [5.41, 5.74) is 0. The Morgan fingerprint density at radius 2 is 2.56 bits per heavy atom. The average Bonchev–Trinajstić information content (AvgIpc) is 1.90. The number of nitrogens with zero attached hydrogens (tertiary/aromatic N) is 1.